The highest BCUT2D eigenvalue weighted by atomic mass is 35.5. The van der Waals surface area contributed by atoms with E-state index in [9.17, 15) is 4.79 Å². The largest absolute Gasteiger partial charge is 0.468 e. The van der Waals surface area contributed by atoms with Crippen LogP contribution in [0.1, 0.15) is 51.0 Å². The van der Waals surface area contributed by atoms with E-state index in [4.69, 9.17) is 27.9 Å². The first kappa shape index (κ1) is 19.3. The van der Waals surface area contributed by atoms with Gasteiger partial charge in [-0.05, 0) is 18.4 Å². The van der Waals surface area contributed by atoms with Crippen molar-refractivity contribution in [2.24, 2.45) is 0 Å². The van der Waals surface area contributed by atoms with Crippen molar-refractivity contribution in [1.82, 2.24) is 0 Å². The second-order valence-corrected chi connectivity index (χ2v) is 7.11. The Morgan fingerprint density at radius 2 is 1.91 bits per heavy atom. The number of carbonyl (C=O) groups is 1. The lowest BCUT2D eigenvalue weighted by Crippen LogP contribution is -2.38. The van der Waals surface area contributed by atoms with Crippen LogP contribution >= 0.6 is 23.2 Å². The normalized spacial score (nSPS) is 15.1. The molecule has 2 atom stereocenters. The van der Waals surface area contributed by atoms with Crippen molar-refractivity contribution in [3.8, 4) is 0 Å². The maximum atomic E-state index is 12.1. The van der Waals surface area contributed by atoms with Gasteiger partial charge >= 0.3 is 5.97 Å². The van der Waals surface area contributed by atoms with E-state index in [1.54, 1.807) is 0 Å². The summed E-state index contributed by atoms with van der Waals surface area (Å²) in [6, 6.07) is 9.74. The minimum Gasteiger partial charge on any atom is -0.468 e. The van der Waals surface area contributed by atoms with Crippen LogP contribution in [0.5, 0.6) is 0 Å². The molecule has 0 bridgehead atoms. The number of benzene rings is 1. The summed E-state index contributed by atoms with van der Waals surface area (Å²) in [4.78, 5) is 11.0. The topological polar surface area (TPSA) is 26.3 Å². The van der Waals surface area contributed by atoms with Crippen molar-refractivity contribution >= 4 is 29.2 Å². The minimum atomic E-state index is -1.09. The second-order valence-electron chi connectivity index (χ2n) is 5.77. The molecule has 1 aromatic rings. The van der Waals surface area contributed by atoms with Crippen molar-refractivity contribution in [2.45, 2.75) is 62.1 Å². The average Bonchev–Trinajstić information content (AvgIpc) is 2.51. The quantitative estimate of drug-likeness (QED) is 0.325. The molecule has 0 heterocycles. The minimum absolute atomic E-state index is 0.114. The standard InChI is InChI=1S/C18H26Cl2O2/c1-3-4-5-9-12-16(19)14-18(20,17(21)22-2)13-15-10-7-6-8-11-15/h6-8,10-11,16H,3-5,9,12-14H2,1-2H3. The lowest BCUT2D eigenvalue weighted by Gasteiger charge is -2.26. The van der Waals surface area contributed by atoms with E-state index < -0.39 is 10.8 Å². The Hall–Kier alpha value is -0.730. The molecule has 124 valence electrons. The van der Waals surface area contributed by atoms with Crippen LogP contribution in [0.15, 0.2) is 30.3 Å². The smallest absolute Gasteiger partial charge is 0.327 e. The van der Waals surface area contributed by atoms with E-state index in [1.807, 2.05) is 30.3 Å². The van der Waals surface area contributed by atoms with Gasteiger partial charge in [-0.25, -0.2) is 0 Å². The second kappa shape index (κ2) is 10.1. The first-order chi connectivity index (χ1) is 10.5. The number of halogens is 2. The number of ether oxygens (including phenoxy) is 1. The molecular formula is C18H26Cl2O2. The third-order valence-electron chi connectivity index (χ3n) is 3.79. The molecule has 1 rings (SSSR count). The summed E-state index contributed by atoms with van der Waals surface area (Å²) >= 11 is 13.0. The Bertz CT molecular complexity index is 436. The zero-order valence-corrected chi connectivity index (χ0v) is 15.0. The fraction of sp³-hybridized carbons (Fsp3) is 0.611. The van der Waals surface area contributed by atoms with Crippen LogP contribution in [0.4, 0.5) is 0 Å². The summed E-state index contributed by atoms with van der Waals surface area (Å²) in [5.41, 5.74) is 1.01. The lowest BCUT2D eigenvalue weighted by molar-refractivity contribution is -0.144. The van der Waals surface area contributed by atoms with E-state index in [2.05, 4.69) is 6.92 Å². The molecule has 0 radical (unpaired) electrons. The van der Waals surface area contributed by atoms with Gasteiger partial charge in [-0.1, -0.05) is 62.9 Å². The number of methoxy groups -OCH3 is 1. The zero-order valence-electron chi connectivity index (χ0n) is 13.5. The molecule has 4 heteroatoms. The summed E-state index contributed by atoms with van der Waals surface area (Å²) in [6.45, 7) is 2.18. The van der Waals surface area contributed by atoms with Crippen LogP contribution in [-0.2, 0) is 16.0 Å². The molecule has 0 aliphatic heterocycles. The van der Waals surface area contributed by atoms with E-state index >= 15 is 0 Å². The Kier molecular flexibility index (Phi) is 8.89. The molecule has 0 spiro atoms. The van der Waals surface area contributed by atoms with Crippen LogP contribution in [0.25, 0.3) is 0 Å². The van der Waals surface area contributed by atoms with Gasteiger partial charge in [0.05, 0.1) is 7.11 Å². The number of unbranched alkanes of at least 4 members (excludes halogenated alkanes) is 3. The highest BCUT2D eigenvalue weighted by Gasteiger charge is 2.39. The molecule has 0 aliphatic carbocycles. The Labute approximate surface area is 144 Å². The van der Waals surface area contributed by atoms with Gasteiger partial charge in [0, 0.05) is 11.8 Å². The molecule has 0 amide bonds. The zero-order chi connectivity index (χ0) is 16.4. The third-order valence-corrected chi connectivity index (χ3v) is 4.61. The Balaban J connectivity index is 2.65. The molecule has 1 aromatic carbocycles. The number of carbonyl (C=O) groups excluding carboxylic acids is 1. The van der Waals surface area contributed by atoms with Crippen LogP contribution in [0.2, 0.25) is 0 Å². The highest BCUT2D eigenvalue weighted by molar-refractivity contribution is 6.35. The molecule has 0 N–H and O–H groups in total. The van der Waals surface area contributed by atoms with E-state index in [0.717, 1.165) is 18.4 Å². The third kappa shape index (κ3) is 6.58. The molecule has 2 unspecified atom stereocenters. The Morgan fingerprint density at radius 3 is 2.50 bits per heavy atom. The summed E-state index contributed by atoms with van der Waals surface area (Å²) in [7, 11) is 1.37. The van der Waals surface area contributed by atoms with Crippen LogP contribution in [0.3, 0.4) is 0 Å². The van der Waals surface area contributed by atoms with Crippen molar-refractivity contribution in [3.05, 3.63) is 35.9 Å². The molecular weight excluding hydrogens is 319 g/mol. The average molecular weight is 345 g/mol. The number of rotatable bonds is 10. The summed E-state index contributed by atoms with van der Waals surface area (Å²) in [5, 5.41) is -0.114. The van der Waals surface area contributed by atoms with Crippen molar-refractivity contribution < 1.29 is 9.53 Å². The number of esters is 1. The molecule has 0 fully saturated rings. The first-order valence-corrected chi connectivity index (χ1v) is 8.78. The van der Waals surface area contributed by atoms with Crippen LogP contribution in [-0.4, -0.2) is 23.3 Å². The van der Waals surface area contributed by atoms with Crippen LogP contribution in [0, 0.1) is 0 Å². The number of alkyl halides is 2. The molecule has 0 saturated heterocycles. The lowest BCUT2D eigenvalue weighted by atomic mass is 9.92. The number of hydrogen-bond donors (Lipinski definition) is 0. The monoisotopic (exact) mass is 344 g/mol. The first-order valence-electron chi connectivity index (χ1n) is 7.97. The maximum absolute atomic E-state index is 12.1. The molecule has 0 saturated carbocycles. The summed E-state index contributed by atoms with van der Waals surface area (Å²) in [5.74, 6) is -0.405. The van der Waals surface area contributed by atoms with Crippen molar-refractivity contribution in [2.75, 3.05) is 7.11 Å². The summed E-state index contributed by atoms with van der Waals surface area (Å²) < 4.78 is 4.90. The van der Waals surface area contributed by atoms with Gasteiger partial charge in [-0.15, -0.1) is 23.2 Å². The molecule has 0 aliphatic rings. The highest BCUT2D eigenvalue weighted by Crippen LogP contribution is 2.32. The van der Waals surface area contributed by atoms with Crippen molar-refractivity contribution in [3.63, 3.8) is 0 Å². The van der Waals surface area contributed by atoms with Crippen LogP contribution < -0.4 is 0 Å². The van der Waals surface area contributed by atoms with Gasteiger partial charge in [-0.2, -0.15) is 0 Å². The van der Waals surface area contributed by atoms with E-state index in [-0.39, 0.29) is 5.38 Å². The Morgan fingerprint density at radius 1 is 1.23 bits per heavy atom. The van der Waals surface area contributed by atoms with Crippen molar-refractivity contribution in [1.29, 1.82) is 0 Å². The maximum Gasteiger partial charge on any atom is 0.327 e. The van der Waals surface area contributed by atoms with Gasteiger partial charge in [-0.3, -0.25) is 4.79 Å². The van der Waals surface area contributed by atoms with Gasteiger partial charge < -0.3 is 4.74 Å². The fourth-order valence-corrected chi connectivity index (χ4v) is 3.49. The molecule has 22 heavy (non-hydrogen) atoms. The van der Waals surface area contributed by atoms with Gasteiger partial charge in [0.2, 0.25) is 0 Å². The predicted molar refractivity (Wildman–Crippen MR) is 93.8 cm³/mol. The molecule has 2 nitrogen and oxygen atoms in total. The van der Waals surface area contributed by atoms with Gasteiger partial charge in [0.15, 0.2) is 0 Å². The SMILES string of the molecule is CCCCCCC(Cl)CC(Cl)(Cc1ccccc1)C(=O)OC. The van der Waals surface area contributed by atoms with E-state index in [0.29, 0.717) is 12.8 Å². The number of hydrogen-bond acceptors (Lipinski definition) is 2. The molecule has 0 aromatic heterocycles. The van der Waals surface area contributed by atoms with Gasteiger partial charge in [0.25, 0.3) is 0 Å². The van der Waals surface area contributed by atoms with Gasteiger partial charge in [0.1, 0.15) is 4.87 Å². The fourth-order valence-electron chi connectivity index (χ4n) is 2.58. The summed E-state index contributed by atoms with van der Waals surface area (Å²) in [6.07, 6.45) is 6.39. The van der Waals surface area contributed by atoms with E-state index in [1.165, 1.54) is 26.4 Å². The predicted octanol–water partition coefficient (Wildman–Crippen LogP) is 5.35.